The minimum absolute atomic E-state index is 0.0531. The number of ether oxygens (including phenoxy) is 6. The van der Waals surface area contributed by atoms with E-state index in [1.165, 1.54) is 26.0 Å². The van der Waals surface area contributed by atoms with E-state index in [2.05, 4.69) is 0 Å². The first-order chi connectivity index (χ1) is 22.0. The summed E-state index contributed by atoms with van der Waals surface area (Å²) in [6, 6.07) is 20.0. The Morgan fingerprint density at radius 2 is 0.870 bits per heavy atom. The number of esters is 4. The molecular formula is C36H34O10. The van der Waals surface area contributed by atoms with Gasteiger partial charge in [-0.25, -0.2) is 9.59 Å². The van der Waals surface area contributed by atoms with Crippen molar-refractivity contribution in [3.63, 3.8) is 0 Å². The average Bonchev–Trinajstić information content (AvgIpc) is 3.02. The zero-order chi connectivity index (χ0) is 33.4. The molecule has 0 bridgehead atoms. The van der Waals surface area contributed by atoms with Crippen LogP contribution in [-0.2, 0) is 32.3 Å². The molecule has 0 unspecified atom stereocenters. The van der Waals surface area contributed by atoms with Crippen LogP contribution in [0.15, 0.2) is 72.8 Å². The van der Waals surface area contributed by atoms with E-state index in [9.17, 15) is 19.2 Å². The van der Waals surface area contributed by atoms with Crippen molar-refractivity contribution in [2.45, 2.75) is 40.9 Å². The monoisotopic (exact) mass is 626 g/mol. The number of rotatable bonds is 11. The van der Waals surface area contributed by atoms with Crippen LogP contribution in [0.25, 0.3) is 11.1 Å². The highest BCUT2D eigenvalue weighted by Crippen LogP contribution is 2.39. The SMILES string of the molecule is COc1ccc(COC(=O)c2cc(OC(C)=O)cc(C)c2-c2c(C)cc(OC(C)=O)cc2C(=O)OCc2ccc(OC)cc2)cc1. The minimum Gasteiger partial charge on any atom is -0.497 e. The van der Waals surface area contributed by atoms with Crippen LogP contribution in [-0.4, -0.2) is 38.1 Å². The zero-order valence-electron chi connectivity index (χ0n) is 26.4. The Hall–Kier alpha value is -5.64. The Labute approximate surface area is 266 Å². The van der Waals surface area contributed by atoms with Crippen LogP contribution in [0.2, 0.25) is 0 Å². The Bertz CT molecular complexity index is 1620. The second-order valence-electron chi connectivity index (χ2n) is 10.4. The molecule has 0 aliphatic carbocycles. The molecule has 46 heavy (non-hydrogen) atoms. The van der Waals surface area contributed by atoms with Crippen molar-refractivity contribution in [2.24, 2.45) is 0 Å². The van der Waals surface area contributed by atoms with E-state index in [1.54, 1.807) is 88.7 Å². The average molecular weight is 627 g/mol. The second kappa shape index (κ2) is 14.9. The van der Waals surface area contributed by atoms with Gasteiger partial charge in [0.2, 0.25) is 0 Å². The van der Waals surface area contributed by atoms with Crippen LogP contribution in [0, 0.1) is 13.8 Å². The van der Waals surface area contributed by atoms with Crippen molar-refractivity contribution in [1.29, 1.82) is 0 Å². The molecule has 4 aromatic rings. The van der Waals surface area contributed by atoms with Gasteiger partial charge in [-0.2, -0.15) is 0 Å². The van der Waals surface area contributed by atoms with Crippen molar-refractivity contribution >= 4 is 23.9 Å². The second-order valence-corrected chi connectivity index (χ2v) is 10.4. The summed E-state index contributed by atoms with van der Waals surface area (Å²) in [7, 11) is 3.11. The van der Waals surface area contributed by atoms with E-state index in [0.717, 1.165) is 0 Å². The molecule has 10 nitrogen and oxygen atoms in total. The summed E-state index contributed by atoms with van der Waals surface area (Å²) in [6.45, 7) is 5.82. The molecule has 4 rings (SSSR count). The van der Waals surface area contributed by atoms with Gasteiger partial charge in [-0.3, -0.25) is 9.59 Å². The topological polar surface area (TPSA) is 124 Å². The van der Waals surface area contributed by atoms with Crippen LogP contribution in [0.3, 0.4) is 0 Å². The maximum atomic E-state index is 13.7. The van der Waals surface area contributed by atoms with Crippen molar-refractivity contribution in [2.75, 3.05) is 14.2 Å². The molecular weight excluding hydrogens is 592 g/mol. The lowest BCUT2D eigenvalue weighted by Gasteiger charge is -2.20. The lowest BCUT2D eigenvalue weighted by Crippen LogP contribution is -2.14. The molecule has 0 heterocycles. The van der Waals surface area contributed by atoms with Gasteiger partial charge >= 0.3 is 23.9 Å². The molecule has 4 aromatic carbocycles. The standard InChI is InChI=1S/C36H34O10/c1-21-15-29(45-23(3)37)17-31(35(39)43-19-25-7-11-27(41-5)12-8-25)33(21)34-22(2)16-30(46-24(4)38)18-32(34)36(40)44-20-26-9-13-28(42-6)14-10-26/h7-18H,19-20H2,1-6H3. The van der Waals surface area contributed by atoms with Gasteiger partial charge in [0.15, 0.2) is 0 Å². The maximum Gasteiger partial charge on any atom is 0.339 e. The number of hydrogen-bond acceptors (Lipinski definition) is 10. The van der Waals surface area contributed by atoms with E-state index >= 15 is 0 Å². The predicted molar refractivity (Wildman–Crippen MR) is 168 cm³/mol. The summed E-state index contributed by atoms with van der Waals surface area (Å²) in [5.41, 5.74) is 3.29. The number of benzene rings is 4. The summed E-state index contributed by atoms with van der Waals surface area (Å²) < 4.78 is 32.4. The van der Waals surface area contributed by atoms with E-state index in [-0.39, 0.29) is 35.8 Å². The molecule has 0 aliphatic heterocycles. The summed E-state index contributed by atoms with van der Waals surface area (Å²) in [5, 5.41) is 0. The summed E-state index contributed by atoms with van der Waals surface area (Å²) in [5.74, 6) is -1.02. The molecule has 0 aromatic heterocycles. The molecule has 0 spiro atoms. The van der Waals surface area contributed by atoms with Crippen molar-refractivity contribution in [1.82, 2.24) is 0 Å². The third-order valence-corrected chi connectivity index (χ3v) is 6.89. The maximum absolute atomic E-state index is 13.7. The minimum atomic E-state index is -0.719. The van der Waals surface area contributed by atoms with E-state index in [1.807, 2.05) is 0 Å². The van der Waals surface area contributed by atoms with Gasteiger partial charge in [-0.15, -0.1) is 0 Å². The van der Waals surface area contributed by atoms with Crippen molar-refractivity contribution in [3.05, 3.63) is 106 Å². The molecule has 10 heteroatoms. The van der Waals surface area contributed by atoms with Gasteiger partial charge in [0.1, 0.15) is 36.2 Å². The third-order valence-electron chi connectivity index (χ3n) is 6.89. The Morgan fingerprint density at radius 3 is 1.17 bits per heavy atom. The molecule has 0 saturated heterocycles. The summed E-state index contributed by atoms with van der Waals surface area (Å²) in [6.07, 6.45) is 0. The Kier molecular flexibility index (Phi) is 10.8. The van der Waals surface area contributed by atoms with Crippen molar-refractivity contribution in [3.8, 4) is 34.1 Å². The van der Waals surface area contributed by atoms with Gasteiger partial charge in [0.05, 0.1) is 25.3 Å². The molecule has 0 aliphatic rings. The Balaban J connectivity index is 1.79. The van der Waals surface area contributed by atoms with Crippen molar-refractivity contribution < 1.29 is 47.6 Å². The van der Waals surface area contributed by atoms with Gasteiger partial charge in [0, 0.05) is 25.0 Å². The Morgan fingerprint density at radius 1 is 0.522 bits per heavy atom. The number of methoxy groups -OCH3 is 2. The molecule has 0 atom stereocenters. The summed E-state index contributed by atoms with van der Waals surface area (Å²) >= 11 is 0. The lowest BCUT2D eigenvalue weighted by atomic mass is 9.88. The van der Waals surface area contributed by atoms with Gasteiger partial charge in [-0.05, 0) is 84.6 Å². The quantitative estimate of drug-likeness (QED) is 0.134. The highest BCUT2D eigenvalue weighted by Gasteiger charge is 2.26. The third kappa shape index (κ3) is 8.29. The molecule has 0 N–H and O–H groups in total. The number of aryl methyl sites for hydroxylation is 2. The molecule has 238 valence electrons. The van der Waals surface area contributed by atoms with E-state index in [4.69, 9.17) is 28.4 Å². The fourth-order valence-corrected chi connectivity index (χ4v) is 4.84. The number of hydrogen-bond donors (Lipinski definition) is 0. The number of carbonyl (C=O) groups excluding carboxylic acids is 4. The van der Waals surface area contributed by atoms with Crippen LogP contribution >= 0.6 is 0 Å². The molecule has 0 fully saturated rings. The normalized spacial score (nSPS) is 10.5. The first kappa shape index (κ1) is 33.3. The fourth-order valence-electron chi connectivity index (χ4n) is 4.84. The molecule has 0 saturated carbocycles. The largest absolute Gasteiger partial charge is 0.497 e. The van der Waals surface area contributed by atoms with Crippen LogP contribution in [0.4, 0.5) is 0 Å². The molecule has 0 radical (unpaired) electrons. The van der Waals surface area contributed by atoms with E-state index < -0.39 is 23.9 Å². The highest BCUT2D eigenvalue weighted by molar-refractivity contribution is 6.05. The first-order valence-corrected chi connectivity index (χ1v) is 14.3. The van der Waals surface area contributed by atoms with Gasteiger partial charge < -0.3 is 28.4 Å². The number of carbonyl (C=O) groups is 4. The summed E-state index contributed by atoms with van der Waals surface area (Å²) in [4.78, 5) is 51.0. The lowest BCUT2D eigenvalue weighted by molar-refractivity contribution is -0.132. The smallest absolute Gasteiger partial charge is 0.339 e. The highest BCUT2D eigenvalue weighted by atomic mass is 16.5. The van der Waals surface area contributed by atoms with Crippen LogP contribution < -0.4 is 18.9 Å². The van der Waals surface area contributed by atoms with Crippen LogP contribution in [0.5, 0.6) is 23.0 Å². The first-order valence-electron chi connectivity index (χ1n) is 14.3. The zero-order valence-corrected chi connectivity index (χ0v) is 26.4. The molecule has 0 amide bonds. The van der Waals surface area contributed by atoms with Gasteiger partial charge in [-0.1, -0.05) is 24.3 Å². The fraction of sp³-hybridized carbons (Fsp3) is 0.222. The predicted octanol–water partition coefficient (Wildman–Crippen LogP) is 6.55. The van der Waals surface area contributed by atoms with E-state index in [0.29, 0.717) is 44.9 Å². The van der Waals surface area contributed by atoms with Crippen LogP contribution in [0.1, 0.15) is 56.8 Å². The van der Waals surface area contributed by atoms with Gasteiger partial charge in [0.25, 0.3) is 0 Å².